The summed E-state index contributed by atoms with van der Waals surface area (Å²) in [4.78, 5) is 2.76. The van der Waals surface area contributed by atoms with Crippen molar-refractivity contribution in [2.75, 3.05) is 0 Å². The molecule has 0 saturated heterocycles. The van der Waals surface area contributed by atoms with Gasteiger partial charge in [0.05, 0.1) is 5.54 Å². The van der Waals surface area contributed by atoms with Gasteiger partial charge in [0.25, 0.3) is 0 Å². The minimum absolute atomic E-state index is 0.0589. The maximum atomic E-state index is 6.64. The van der Waals surface area contributed by atoms with E-state index in [4.69, 9.17) is 5.73 Å². The van der Waals surface area contributed by atoms with Crippen molar-refractivity contribution in [2.24, 2.45) is 17.6 Å². The van der Waals surface area contributed by atoms with Gasteiger partial charge in [0.15, 0.2) is 0 Å². The third-order valence-corrected chi connectivity index (χ3v) is 5.05. The van der Waals surface area contributed by atoms with Crippen LogP contribution in [0.2, 0.25) is 0 Å². The summed E-state index contributed by atoms with van der Waals surface area (Å²) in [5, 5.41) is 0. The predicted molar refractivity (Wildman–Crippen MR) is 67.1 cm³/mol. The van der Waals surface area contributed by atoms with Crippen molar-refractivity contribution in [1.82, 2.24) is 0 Å². The van der Waals surface area contributed by atoms with Crippen molar-refractivity contribution < 1.29 is 0 Å². The van der Waals surface area contributed by atoms with E-state index in [1.807, 2.05) is 11.3 Å². The fourth-order valence-corrected chi connectivity index (χ4v) is 3.79. The molecule has 0 amide bonds. The molecule has 3 unspecified atom stereocenters. The smallest absolute Gasteiger partial charge is 0.0532 e. The second kappa shape index (κ2) is 3.91. The second-order valence-electron chi connectivity index (χ2n) is 5.24. The van der Waals surface area contributed by atoms with Gasteiger partial charge in [0.1, 0.15) is 0 Å². The van der Waals surface area contributed by atoms with Gasteiger partial charge < -0.3 is 5.73 Å². The first-order valence-electron chi connectivity index (χ1n) is 5.88. The van der Waals surface area contributed by atoms with Crippen LogP contribution in [0.25, 0.3) is 0 Å². The lowest BCUT2D eigenvalue weighted by Gasteiger charge is -2.41. The molecule has 1 saturated carbocycles. The summed E-state index contributed by atoms with van der Waals surface area (Å²) in [5.74, 6) is 1.39. The second-order valence-corrected chi connectivity index (χ2v) is 6.53. The van der Waals surface area contributed by atoms with Crippen molar-refractivity contribution in [1.29, 1.82) is 0 Å². The summed E-state index contributed by atoms with van der Waals surface area (Å²) >= 11 is 1.87. The zero-order chi connectivity index (χ0) is 11.1. The minimum Gasteiger partial charge on any atom is -0.321 e. The van der Waals surface area contributed by atoms with Crippen molar-refractivity contribution >= 4 is 11.3 Å². The van der Waals surface area contributed by atoms with Crippen LogP contribution in [0.4, 0.5) is 0 Å². The van der Waals surface area contributed by atoms with Crippen molar-refractivity contribution in [3.8, 4) is 0 Å². The molecule has 1 heterocycles. The Kier molecular flexibility index (Phi) is 2.91. The number of aryl methyl sites for hydroxylation is 1. The van der Waals surface area contributed by atoms with Crippen molar-refractivity contribution in [3.05, 3.63) is 21.9 Å². The molecule has 1 fully saturated rings. The molecule has 2 N–H and O–H groups in total. The van der Waals surface area contributed by atoms with Crippen LogP contribution in [-0.4, -0.2) is 0 Å². The highest BCUT2D eigenvalue weighted by atomic mass is 32.1. The van der Waals surface area contributed by atoms with Crippen LogP contribution < -0.4 is 5.73 Å². The SMILES string of the molecule is Cc1ccc(C2(N)CC(C)CCC2C)s1. The van der Waals surface area contributed by atoms with E-state index in [9.17, 15) is 0 Å². The van der Waals surface area contributed by atoms with Gasteiger partial charge in [-0.3, -0.25) is 0 Å². The fraction of sp³-hybridized carbons (Fsp3) is 0.692. The van der Waals surface area contributed by atoms with Crippen LogP contribution in [0.5, 0.6) is 0 Å². The van der Waals surface area contributed by atoms with E-state index < -0.39 is 0 Å². The Morgan fingerprint density at radius 2 is 2.07 bits per heavy atom. The quantitative estimate of drug-likeness (QED) is 0.772. The number of hydrogen-bond acceptors (Lipinski definition) is 2. The van der Waals surface area contributed by atoms with Crippen LogP contribution in [0.1, 0.15) is 42.9 Å². The molecule has 1 aromatic heterocycles. The minimum atomic E-state index is -0.0589. The standard InChI is InChI=1S/C13H21NS/c1-9-4-5-10(2)13(14,8-9)12-7-6-11(3)15-12/h6-7,9-10H,4-5,8,14H2,1-3H3. The summed E-state index contributed by atoms with van der Waals surface area (Å²) < 4.78 is 0. The Hall–Kier alpha value is -0.340. The molecule has 15 heavy (non-hydrogen) atoms. The Balaban J connectivity index is 2.30. The highest BCUT2D eigenvalue weighted by Crippen LogP contribution is 2.44. The topological polar surface area (TPSA) is 26.0 Å². The molecule has 1 nitrogen and oxygen atoms in total. The lowest BCUT2D eigenvalue weighted by molar-refractivity contribution is 0.165. The molecule has 0 aromatic carbocycles. The van der Waals surface area contributed by atoms with Crippen LogP contribution in [-0.2, 0) is 5.54 Å². The van der Waals surface area contributed by atoms with E-state index >= 15 is 0 Å². The highest BCUT2D eigenvalue weighted by molar-refractivity contribution is 7.12. The summed E-state index contributed by atoms with van der Waals surface area (Å²) in [7, 11) is 0. The average Bonchev–Trinajstić information content (AvgIpc) is 2.59. The Morgan fingerprint density at radius 3 is 2.67 bits per heavy atom. The van der Waals surface area contributed by atoms with Crippen molar-refractivity contribution in [3.63, 3.8) is 0 Å². The van der Waals surface area contributed by atoms with Gasteiger partial charge in [0, 0.05) is 9.75 Å². The fourth-order valence-electron chi connectivity index (χ4n) is 2.70. The van der Waals surface area contributed by atoms with Gasteiger partial charge in [-0.25, -0.2) is 0 Å². The van der Waals surface area contributed by atoms with E-state index in [0.717, 1.165) is 12.3 Å². The molecule has 1 aliphatic carbocycles. The third-order valence-electron chi connectivity index (χ3n) is 3.86. The Bertz CT molecular complexity index is 344. The van der Waals surface area contributed by atoms with Crippen LogP contribution in [0, 0.1) is 18.8 Å². The molecule has 3 atom stereocenters. The molecule has 1 aliphatic rings. The molecule has 84 valence electrons. The maximum absolute atomic E-state index is 6.64. The molecule has 0 spiro atoms. The van der Waals surface area contributed by atoms with E-state index in [2.05, 4.69) is 32.9 Å². The Labute approximate surface area is 96.7 Å². The van der Waals surface area contributed by atoms with Crippen molar-refractivity contribution in [2.45, 2.75) is 45.6 Å². The Morgan fingerprint density at radius 1 is 1.33 bits per heavy atom. The van der Waals surface area contributed by atoms with Crippen LogP contribution in [0.3, 0.4) is 0 Å². The molecular weight excluding hydrogens is 202 g/mol. The summed E-state index contributed by atoms with van der Waals surface area (Å²) in [5.41, 5.74) is 6.58. The third kappa shape index (κ3) is 1.98. The van der Waals surface area contributed by atoms with Crippen LogP contribution >= 0.6 is 11.3 Å². The lowest BCUT2D eigenvalue weighted by atomic mass is 9.69. The van der Waals surface area contributed by atoms with Gasteiger partial charge in [-0.2, -0.15) is 0 Å². The average molecular weight is 223 g/mol. The molecule has 2 heteroatoms. The molecule has 2 rings (SSSR count). The summed E-state index contributed by atoms with van der Waals surface area (Å²) in [6, 6.07) is 4.43. The summed E-state index contributed by atoms with van der Waals surface area (Å²) in [6.45, 7) is 6.79. The molecule has 1 aromatic rings. The normalized spacial score (nSPS) is 36.8. The first kappa shape index (κ1) is 11.2. The largest absolute Gasteiger partial charge is 0.321 e. The maximum Gasteiger partial charge on any atom is 0.0532 e. The molecule has 0 radical (unpaired) electrons. The lowest BCUT2D eigenvalue weighted by Crippen LogP contribution is -2.46. The van der Waals surface area contributed by atoms with Gasteiger partial charge in [-0.1, -0.05) is 20.3 Å². The predicted octanol–water partition coefficient (Wildman–Crippen LogP) is 3.67. The zero-order valence-electron chi connectivity index (χ0n) is 9.92. The number of thiophene rings is 1. The van der Waals surface area contributed by atoms with Gasteiger partial charge in [-0.05, 0) is 43.7 Å². The highest BCUT2D eigenvalue weighted by Gasteiger charge is 2.39. The van der Waals surface area contributed by atoms with E-state index in [-0.39, 0.29) is 5.54 Å². The monoisotopic (exact) mass is 223 g/mol. The first-order chi connectivity index (χ1) is 7.02. The zero-order valence-corrected chi connectivity index (χ0v) is 10.7. The molecule has 0 aliphatic heterocycles. The van der Waals surface area contributed by atoms with Crippen LogP contribution in [0.15, 0.2) is 12.1 Å². The molecule has 0 bridgehead atoms. The number of rotatable bonds is 1. The van der Waals surface area contributed by atoms with E-state index in [1.165, 1.54) is 22.6 Å². The van der Waals surface area contributed by atoms with Gasteiger partial charge in [0.2, 0.25) is 0 Å². The van der Waals surface area contributed by atoms with E-state index in [1.54, 1.807) is 0 Å². The molecular formula is C13H21NS. The van der Waals surface area contributed by atoms with E-state index in [0.29, 0.717) is 5.92 Å². The van der Waals surface area contributed by atoms with Gasteiger partial charge in [-0.15, -0.1) is 11.3 Å². The number of nitrogens with two attached hydrogens (primary N) is 1. The first-order valence-corrected chi connectivity index (χ1v) is 6.70. The summed E-state index contributed by atoms with van der Waals surface area (Å²) in [6.07, 6.45) is 3.76. The number of hydrogen-bond donors (Lipinski definition) is 1. The van der Waals surface area contributed by atoms with Gasteiger partial charge >= 0.3 is 0 Å².